The van der Waals surface area contributed by atoms with Gasteiger partial charge in [-0.2, -0.15) is 0 Å². The van der Waals surface area contributed by atoms with Crippen LogP contribution in [0.1, 0.15) is 6.92 Å². The van der Waals surface area contributed by atoms with Crippen molar-refractivity contribution in [3.05, 3.63) is 0 Å². The Morgan fingerprint density at radius 3 is 2.29 bits per heavy atom. The second kappa shape index (κ2) is 4.24. The van der Waals surface area contributed by atoms with E-state index in [0.29, 0.717) is 0 Å². The van der Waals surface area contributed by atoms with Gasteiger partial charge in [0, 0.05) is 0 Å². The van der Waals surface area contributed by atoms with E-state index in [0.717, 1.165) is 0 Å². The van der Waals surface area contributed by atoms with E-state index >= 15 is 0 Å². The molecule has 4 atom stereocenters. The van der Waals surface area contributed by atoms with Crippen LogP contribution >= 0.6 is 7.82 Å². The molecule has 14 heavy (non-hydrogen) atoms. The summed E-state index contributed by atoms with van der Waals surface area (Å²) in [5, 5.41) is 18.6. The van der Waals surface area contributed by atoms with E-state index in [1.165, 1.54) is 0 Å². The van der Waals surface area contributed by atoms with Crippen molar-refractivity contribution in [1.29, 1.82) is 0 Å². The average Bonchev–Trinajstić information content (AvgIpc) is 2.28. The first kappa shape index (κ1) is 12.1. The Kier molecular flexibility index (Phi) is 3.65. The number of aliphatic hydroxyl groups is 2. The molecule has 0 aliphatic carbocycles. The topological polar surface area (TPSA) is 116 Å². The highest BCUT2D eigenvalue weighted by atomic mass is 31.2. The Balaban J connectivity index is 2.44. The maximum absolute atomic E-state index is 10.3. The molecule has 84 valence electrons. The maximum Gasteiger partial charge on any atom is 0.469 e. The van der Waals surface area contributed by atoms with Gasteiger partial charge in [-0.3, -0.25) is 4.52 Å². The van der Waals surface area contributed by atoms with Crippen LogP contribution in [0.4, 0.5) is 0 Å². The van der Waals surface area contributed by atoms with Gasteiger partial charge in [-0.25, -0.2) is 4.57 Å². The molecule has 8 heteroatoms. The van der Waals surface area contributed by atoms with Gasteiger partial charge in [-0.15, -0.1) is 0 Å². The Morgan fingerprint density at radius 1 is 1.36 bits per heavy atom. The Morgan fingerprint density at radius 2 is 1.93 bits per heavy atom. The largest absolute Gasteiger partial charge is 0.469 e. The minimum atomic E-state index is -4.56. The molecule has 1 aliphatic rings. The first-order valence-electron chi connectivity index (χ1n) is 4.03. The van der Waals surface area contributed by atoms with Gasteiger partial charge < -0.3 is 24.7 Å². The van der Waals surface area contributed by atoms with Crippen molar-refractivity contribution in [3.8, 4) is 0 Å². The number of phosphoric acid groups is 1. The maximum atomic E-state index is 10.3. The van der Waals surface area contributed by atoms with E-state index in [-0.39, 0.29) is 0 Å². The van der Waals surface area contributed by atoms with E-state index < -0.39 is 38.8 Å². The van der Waals surface area contributed by atoms with E-state index in [2.05, 4.69) is 4.52 Å². The molecule has 4 unspecified atom stereocenters. The third-order valence-corrected chi connectivity index (χ3v) is 2.49. The third kappa shape index (κ3) is 2.99. The predicted molar refractivity (Wildman–Crippen MR) is 44.3 cm³/mol. The monoisotopic (exact) mass is 228 g/mol. The van der Waals surface area contributed by atoms with Crippen molar-refractivity contribution < 1.29 is 33.8 Å². The van der Waals surface area contributed by atoms with Crippen LogP contribution in [0, 0.1) is 0 Å². The predicted octanol–water partition coefficient (Wildman–Crippen LogP) is -1.40. The molecule has 0 bridgehead atoms. The molecule has 0 aromatic rings. The lowest BCUT2D eigenvalue weighted by atomic mass is 10.1. The summed E-state index contributed by atoms with van der Waals surface area (Å²) < 4.78 is 19.5. The van der Waals surface area contributed by atoms with Crippen LogP contribution in [-0.4, -0.2) is 51.0 Å². The van der Waals surface area contributed by atoms with Gasteiger partial charge in [-0.1, -0.05) is 0 Å². The fraction of sp³-hybridized carbons (Fsp3) is 1.00. The number of rotatable bonds is 3. The summed E-state index contributed by atoms with van der Waals surface area (Å²) in [5.41, 5.74) is 0. The van der Waals surface area contributed by atoms with Gasteiger partial charge in [0.15, 0.2) is 0 Å². The van der Waals surface area contributed by atoms with Crippen LogP contribution < -0.4 is 0 Å². The zero-order chi connectivity index (χ0) is 10.9. The molecule has 7 nitrogen and oxygen atoms in total. The van der Waals surface area contributed by atoms with Crippen molar-refractivity contribution in [1.82, 2.24) is 0 Å². The molecule has 0 radical (unpaired) electrons. The summed E-state index contributed by atoms with van der Waals surface area (Å²) >= 11 is 0. The summed E-state index contributed by atoms with van der Waals surface area (Å²) in [6, 6.07) is 0. The molecule has 0 amide bonds. The summed E-state index contributed by atoms with van der Waals surface area (Å²) in [4.78, 5) is 16.8. The van der Waals surface area contributed by atoms with Gasteiger partial charge in [0.2, 0.25) is 0 Å². The number of phosphoric ester groups is 1. The lowest BCUT2D eigenvalue weighted by Crippen LogP contribution is -2.33. The molecular weight excluding hydrogens is 215 g/mol. The second-order valence-electron chi connectivity index (χ2n) is 3.15. The lowest BCUT2D eigenvalue weighted by Gasteiger charge is -2.14. The minimum Gasteiger partial charge on any atom is -0.388 e. The Bertz CT molecular complexity index is 238. The first-order valence-corrected chi connectivity index (χ1v) is 5.56. The molecule has 1 aliphatic heterocycles. The summed E-state index contributed by atoms with van der Waals surface area (Å²) in [6.07, 6.45) is -3.72. The molecule has 1 heterocycles. The number of aliphatic hydroxyl groups excluding tert-OH is 2. The van der Waals surface area contributed by atoms with E-state index in [9.17, 15) is 14.8 Å². The smallest absolute Gasteiger partial charge is 0.388 e. The van der Waals surface area contributed by atoms with Crippen molar-refractivity contribution in [3.63, 3.8) is 0 Å². The molecule has 0 aromatic carbocycles. The van der Waals surface area contributed by atoms with Crippen LogP contribution in [0.3, 0.4) is 0 Å². The zero-order valence-corrected chi connectivity index (χ0v) is 8.37. The Labute approximate surface area is 80.5 Å². The summed E-state index contributed by atoms with van der Waals surface area (Å²) in [6.45, 7) is 1.10. The quantitative estimate of drug-likeness (QED) is 0.439. The van der Waals surface area contributed by atoms with E-state index in [1.807, 2.05) is 0 Å². The minimum absolute atomic E-state index is 0.452. The SMILES string of the molecule is CC1OC(COP(=O)(O)O)C(O)C1O. The van der Waals surface area contributed by atoms with Crippen molar-refractivity contribution >= 4 is 7.82 Å². The third-order valence-electron chi connectivity index (χ3n) is 2.01. The van der Waals surface area contributed by atoms with Gasteiger partial charge in [0.05, 0.1) is 12.7 Å². The number of hydrogen-bond acceptors (Lipinski definition) is 5. The molecule has 1 fully saturated rings. The molecule has 4 N–H and O–H groups in total. The summed E-state index contributed by atoms with van der Waals surface area (Å²) in [5.74, 6) is 0. The first-order chi connectivity index (χ1) is 6.31. The van der Waals surface area contributed by atoms with Crippen molar-refractivity contribution in [2.45, 2.75) is 31.3 Å². The van der Waals surface area contributed by atoms with Crippen LogP contribution in [0.25, 0.3) is 0 Å². The van der Waals surface area contributed by atoms with E-state index in [4.69, 9.17) is 14.5 Å². The second-order valence-corrected chi connectivity index (χ2v) is 4.39. The van der Waals surface area contributed by atoms with Crippen LogP contribution in [0.5, 0.6) is 0 Å². The molecule has 0 saturated carbocycles. The van der Waals surface area contributed by atoms with Crippen LogP contribution in [0.2, 0.25) is 0 Å². The van der Waals surface area contributed by atoms with Gasteiger partial charge in [-0.05, 0) is 6.92 Å². The fourth-order valence-corrected chi connectivity index (χ4v) is 1.58. The standard InChI is InChI=1S/C6H13O7P/c1-3-5(7)6(8)4(13-3)2-12-14(9,10)11/h3-8H,2H2,1H3,(H2,9,10,11). The number of ether oxygens (including phenoxy) is 1. The van der Waals surface area contributed by atoms with Gasteiger partial charge >= 0.3 is 7.82 Å². The van der Waals surface area contributed by atoms with Gasteiger partial charge in [0.25, 0.3) is 0 Å². The van der Waals surface area contributed by atoms with Crippen LogP contribution in [0.15, 0.2) is 0 Å². The molecule has 0 spiro atoms. The highest BCUT2D eigenvalue weighted by Crippen LogP contribution is 2.37. The normalized spacial score (nSPS) is 38.9. The molecule has 1 saturated heterocycles. The lowest BCUT2D eigenvalue weighted by molar-refractivity contribution is -0.0169. The molecule has 0 aromatic heterocycles. The molecule has 1 rings (SSSR count). The van der Waals surface area contributed by atoms with E-state index in [1.54, 1.807) is 6.92 Å². The van der Waals surface area contributed by atoms with Crippen molar-refractivity contribution in [2.24, 2.45) is 0 Å². The fourth-order valence-electron chi connectivity index (χ4n) is 1.24. The van der Waals surface area contributed by atoms with Crippen LogP contribution in [-0.2, 0) is 13.8 Å². The Hall–Kier alpha value is -0.0100. The average molecular weight is 228 g/mol. The number of hydrogen-bond donors (Lipinski definition) is 4. The molecular formula is C6H13O7P. The highest BCUT2D eigenvalue weighted by molar-refractivity contribution is 7.46. The summed E-state index contributed by atoms with van der Waals surface area (Å²) in [7, 11) is -4.56. The van der Waals surface area contributed by atoms with Crippen molar-refractivity contribution in [2.75, 3.05) is 6.61 Å². The highest BCUT2D eigenvalue weighted by Gasteiger charge is 2.41. The zero-order valence-electron chi connectivity index (χ0n) is 7.48. The van der Waals surface area contributed by atoms with Gasteiger partial charge in [0.1, 0.15) is 18.3 Å².